The van der Waals surface area contributed by atoms with Gasteiger partial charge in [0.05, 0.1) is 11.4 Å². The van der Waals surface area contributed by atoms with E-state index in [2.05, 4.69) is 143 Å². The van der Waals surface area contributed by atoms with Crippen molar-refractivity contribution in [1.82, 2.24) is 0 Å². The Bertz CT molecular complexity index is 3110. The molecule has 9 aromatic rings. The van der Waals surface area contributed by atoms with Gasteiger partial charge in [-0.1, -0.05) is 97.1 Å². The highest BCUT2D eigenvalue weighted by Crippen LogP contribution is 2.58. The summed E-state index contributed by atoms with van der Waals surface area (Å²) in [6, 6.07) is 58.0. The first-order valence-electron chi connectivity index (χ1n) is 18.5. The third-order valence-corrected chi connectivity index (χ3v) is 12.7. The van der Waals surface area contributed by atoms with Gasteiger partial charge in [-0.05, 0) is 82.7 Å². The van der Waals surface area contributed by atoms with Crippen LogP contribution < -0.4 is 34.8 Å². The summed E-state index contributed by atoms with van der Waals surface area (Å²) in [5.74, 6) is 4.52. The summed E-state index contributed by atoms with van der Waals surface area (Å²) in [5, 5.41) is 2.50. The molecule has 0 aliphatic carbocycles. The first-order chi connectivity index (χ1) is 27.3. The molecule has 0 amide bonds. The van der Waals surface area contributed by atoms with Crippen LogP contribution in [-0.4, -0.2) is 6.85 Å². The largest absolute Gasteiger partial charge is 0.453 e. The molecule has 5 heterocycles. The Morgan fingerprint density at radius 1 is 0.473 bits per heavy atom. The van der Waals surface area contributed by atoms with Crippen LogP contribution in [0.3, 0.4) is 0 Å². The minimum absolute atomic E-state index is 0.176. The molecule has 0 spiro atoms. The van der Waals surface area contributed by atoms with Gasteiger partial charge in [0.25, 0.3) is 0 Å². The molecule has 4 aliphatic heterocycles. The number of hydrogen-bond acceptors (Lipinski definition) is 6. The van der Waals surface area contributed by atoms with Crippen LogP contribution in [0.2, 0.25) is 0 Å². The molecule has 7 heteroatoms. The van der Waals surface area contributed by atoms with Crippen molar-refractivity contribution >= 4 is 77.7 Å². The monoisotopic (exact) mass is 722 g/mol. The standard InChI is InChI=1S/C48H27BN2O3S/c1-2-11-28(12-3-1)29-21-23-30(24-22-29)51-36-27-43-42(53-39-17-7-8-18-40(39)54-43)26-33(36)45-46-37(25-32-31-13-4-9-20-44(31)55-48(32)45)50-35-15-5-6-16-38(35)52-41-19-10-14-34(47(41)50)49(46)51/h1-27H. The van der Waals surface area contributed by atoms with Crippen LogP contribution in [0.5, 0.6) is 34.5 Å². The van der Waals surface area contributed by atoms with E-state index in [4.69, 9.17) is 14.2 Å². The summed E-state index contributed by atoms with van der Waals surface area (Å²) in [5.41, 5.74) is 12.5. The van der Waals surface area contributed by atoms with Crippen molar-refractivity contribution < 1.29 is 14.2 Å². The van der Waals surface area contributed by atoms with Crippen LogP contribution in [0, 0.1) is 0 Å². The normalized spacial score (nSPS) is 13.8. The zero-order valence-corrected chi connectivity index (χ0v) is 30.0. The maximum atomic E-state index is 6.71. The van der Waals surface area contributed by atoms with Gasteiger partial charge in [0.2, 0.25) is 0 Å². The molecule has 0 saturated carbocycles. The van der Waals surface area contributed by atoms with Crippen molar-refractivity contribution in [1.29, 1.82) is 0 Å². The molecule has 13 rings (SSSR count). The van der Waals surface area contributed by atoms with Crippen LogP contribution >= 0.6 is 11.3 Å². The Morgan fingerprint density at radius 2 is 1.15 bits per heavy atom. The third-order valence-electron chi connectivity index (χ3n) is 11.5. The summed E-state index contributed by atoms with van der Waals surface area (Å²) in [6.45, 7) is -0.176. The maximum Gasteiger partial charge on any atom is 0.333 e. The lowest BCUT2D eigenvalue weighted by Gasteiger charge is -2.47. The molecule has 1 aromatic heterocycles. The molecular formula is C48H27BN2O3S. The van der Waals surface area contributed by atoms with Crippen LogP contribution in [0.4, 0.5) is 28.4 Å². The molecule has 4 aliphatic rings. The van der Waals surface area contributed by atoms with E-state index >= 15 is 0 Å². The second-order valence-corrected chi connectivity index (χ2v) is 15.5. The minimum atomic E-state index is -0.176. The van der Waals surface area contributed by atoms with Gasteiger partial charge in [0, 0.05) is 54.4 Å². The van der Waals surface area contributed by atoms with Crippen molar-refractivity contribution in [2.24, 2.45) is 0 Å². The fourth-order valence-electron chi connectivity index (χ4n) is 9.15. The fourth-order valence-corrected chi connectivity index (χ4v) is 10.4. The third kappa shape index (κ3) is 4.02. The lowest BCUT2D eigenvalue weighted by atomic mass is 9.43. The molecule has 0 N–H and O–H groups in total. The highest BCUT2D eigenvalue weighted by Gasteiger charge is 2.48. The van der Waals surface area contributed by atoms with E-state index in [0.717, 1.165) is 45.5 Å². The number of benzene rings is 8. The Hall–Kier alpha value is -6.96. The zero-order chi connectivity index (χ0) is 35.8. The predicted octanol–water partition coefficient (Wildman–Crippen LogP) is 12.4. The molecule has 5 nitrogen and oxygen atoms in total. The Kier molecular flexibility index (Phi) is 5.80. The van der Waals surface area contributed by atoms with E-state index in [1.807, 2.05) is 41.7 Å². The van der Waals surface area contributed by atoms with Crippen LogP contribution in [0.15, 0.2) is 164 Å². The Balaban J connectivity index is 1.16. The highest BCUT2D eigenvalue weighted by atomic mass is 32.1. The van der Waals surface area contributed by atoms with Crippen LogP contribution in [-0.2, 0) is 0 Å². The molecule has 8 aromatic carbocycles. The second kappa shape index (κ2) is 10.8. The quantitative estimate of drug-likeness (QED) is 0.166. The minimum Gasteiger partial charge on any atom is -0.453 e. The molecule has 0 fully saturated rings. The maximum absolute atomic E-state index is 6.71. The number of hydrogen-bond donors (Lipinski definition) is 0. The molecule has 256 valence electrons. The number of fused-ring (bicyclic) bond motifs is 12. The summed E-state index contributed by atoms with van der Waals surface area (Å²) >= 11 is 1.87. The van der Waals surface area contributed by atoms with E-state index in [0.29, 0.717) is 23.0 Å². The number of ether oxygens (including phenoxy) is 3. The van der Waals surface area contributed by atoms with E-state index in [-0.39, 0.29) is 6.85 Å². The van der Waals surface area contributed by atoms with Crippen molar-refractivity contribution in [2.45, 2.75) is 0 Å². The second-order valence-electron chi connectivity index (χ2n) is 14.4. The lowest BCUT2D eigenvalue weighted by Crippen LogP contribution is -2.61. The van der Waals surface area contributed by atoms with Crippen molar-refractivity contribution in [3.05, 3.63) is 164 Å². The molecule has 0 bridgehead atoms. The molecule has 0 atom stereocenters. The fraction of sp³-hybridized carbons (Fsp3) is 0. The summed E-state index contributed by atoms with van der Waals surface area (Å²) in [7, 11) is 0. The van der Waals surface area contributed by atoms with E-state index in [1.54, 1.807) is 0 Å². The van der Waals surface area contributed by atoms with Crippen molar-refractivity contribution in [2.75, 3.05) is 9.71 Å². The number of nitrogens with zero attached hydrogens (tertiary/aromatic N) is 2. The zero-order valence-electron chi connectivity index (χ0n) is 29.2. The molecule has 0 radical (unpaired) electrons. The average molecular weight is 723 g/mol. The SMILES string of the molecule is c1ccc(-c2ccc(N3B4c5cccc6c5N(c5ccccc5O6)c5cc6c(sc7ccccc76)c(c54)-c4cc5c(cc43)Oc3ccccc3O5)cc2)cc1. The van der Waals surface area contributed by atoms with Gasteiger partial charge in [-0.25, -0.2) is 0 Å². The predicted molar refractivity (Wildman–Crippen MR) is 225 cm³/mol. The van der Waals surface area contributed by atoms with Gasteiger partial charge >= 0.3 is 6.85 Å². The highest BCUT2D eigenvalue weighted by molar-refractivity contribution is 7.26. The van der Waals surface area contributed by atoms with Crippen molar-refractivity contribution in [3.63, 3.8) is 0 Å². The topological polar surface area (TPSA) is 34.2 Å². The average Bonchev–Trinajstić information content (AvgIpc) is 3.62. The molecular weight excluding hydrogens is 695 g/mol. The molecule has 0 unspecified atom stereocenters. The van der Waals surface area contributed by atoms with E-state index in [9.17, 15) is 0 Å². The van der Waals surface area contributed by atoms with Gasteiger partial charge < -0.3 is 23.9 Å². The van der Waals surface area contributed by atoms with Crippen LogP contribution in [0.25, 0.3) is 42.4 Å². The van der Waals surface area contributed by atoms with Crippen molar-refractivity contribution in [3.8, 4) is 56.8 Å². The Labute approximate surface area is 320 Å². The smallest absolute Gasteiger partial charge is 0.333 e. The van der Waals surface area contributed by atoms with Gasteiger partial charge in [0.15, 0.2) is 34.5 Å². The summed E-state index contributed by atoms with van der Waals surface area (Å²) < 4.78 is 22.5. The van der Waals surface area contributed by atoms with Gasteiger partial charge in [-0.15, -0.1) is 11.3 Å². The summed E-state index contributed by atoms with van der Waals surface area (Å²) in [6.07, 6.45) is 0. The number of thiophene rings is 1. The first-order valence-corrected chi connectivity index (χ1v) is 19.3. The lowest BCUT2D eigenvalue weighted by molar-refractivity contribution is 0.360. The van der Waals surface area contributed by atoms with Gasteiger partial charge in [-0.2, -0.15) is 0 Å². The number of rotatable bonds is 2. The number of anilines is 5. The van der Waals surface area contributed by atoms with E-state index in [1.165, 1.54) is 47.8 Å². The first kappa shape index (κ1) is 29.5. The molecule has 55 heavy (non-hydrogen) atoms. The van der Waals surface area contributed by atoms with E-state index < -0.39 is 0 Å². The van der Waals surface area contributed by atoms with Gasteiger partial charge in [-0.3, -0.25) is 0 Å². The number of para-hydroxylation sites is 5. The van der Waals surface area contributed by atoms with Gasteiger partial charge in [0.1, 0.15) is 0 Å². The molecule has 0 saturated heterocycles. The summed E-state index contributed by atoms with van der Waals surface area (Å²) in [4.78, 5) is 4.95. The van der Waals surface area contributed by atoms with Crippen LogP contribution in [0.1, 0.15) is 0 Å². The Morgan fingerprint density at radius 3 is 1.98 bits per heavy atom.